The Morgan fingerprint density at radius 1 is 0.600 bits per heavy atom. The summed E-state index contributed by atoms with van der Waals surface area (Å²) in [7, 11) is 0. The highest BCUT2D eigenvalue weighted by atomic mass is 32.2. The SMILES string of the molecule is CCOc1ccc(C(Sc2ccccc2)=C(c2ccccc2)c2ccccc2)cc1. The summed E-state index contributed by atoms with van der Waals surface area (Å²) in [5.41, 5.74) is 4.82. The average Bonchev–Trinajstić information content (AvgIpc) is 2.82. The summed E-state index contributed by atoms with van der Waals surface area (Å²) in [4.78, 5) is 2.44. The molecule has 0 aromatic heterocycles. The zero-order chi connectivity index (χ0) is 20.6. The summed E-state index contributed by atoms with van der Waals surface area (Å²) in [6, 6.07) is 40.2. The van der Waals surface area contributed by atoms with Gasteiger partial charge in [-0.15, -0.1) is 0 Å². The van der Waals surface area contributed by atoms with Crippen molar-refractivity contribution in [1.29, 1.82) is 0 Å². The normalized spacial score (nSPS) is 10.4. The first kappa shape index (κ1) is 20.1. The lowest BCUT2D eigenvalue weighted by Gasteiger charge is -2.17. The monoisotopic (exact) mass is 408 g/mol. The molecule has 0 atom stereocenters. The van der Waals surface area contributed by atoms with Crippen molar-refractivity contribution in [3.05, 3.63) is 132 Å². The molecule has 0 saturated carbocycles. The van der Waals surface area contributed by atoms with Crippen molar-refractivity contribution in [2.24, 2.45) is 0 Å². The van der Waals surface area contributed by atoms with Crippen LogP contribution in [-0.4, -0.2) is 6.61 Å². The maximum absolute atomic E-state index is 5.67. The van der Waals surface area contributed by atoms with Crippen LogP contribution in [0.3, 0.4) is 0 Å². The highest BCUT2D eigenvalue weighted by molar-refractivity contribution is 8.08. The van der Waals surface area contributed by atoms with Gasteiger partial charge in [0.25, 0.3) is 0 Å². The van der Waals surface area contributed by atoms with Crippen molar-refractivity contribution in [3.63, 3.8) is 0 Å². The summed E-state index contributed by atoms with van der Waals surface area (Å²) >= 11 is 1.80. The number of rotatable bonds is 7. The van der Waals surface area contributed by atoms with Crippen LogP contribution in [0.5, 0.6) is 5.75 Å². The van der Waals surface area contributed by atoms with Crippen LogP contribution >= 0.6 is 11.8 Å². The second-order valence-electron chi connectivity index (χ2n) is 6.81. The van der Waals surface area contributed by atoms with Gasteiger partial charge in [0.1, 0.15) is 5.75 Å². The van der Waals surface area contributed by atoms with Crippen LogP contribution in [0, 0.1) is 0 Å². The molecular weight excluding hydrogens is 384 g/mol. The lowest BCUT2D eigenvalue weighted by atomic mass is 9.95. The molecule has 0 aliphatic rings. The van der Waals surface area contributed by atoms with E-state index in [1.54, 1.807) is 11.8 Å². The van der Waals surface area contributed by atoms with E-state index in [0.717, 1.165) is 5.75 Å². The molecule has 30 heavy (non-hydrogen) atoms. The molecule has 0 bridgehead atoms. The molecule has 4 aromatic carbocycles. The zero-order valence-corrected chi connectivity index (χ0v) is 17.8. The Morgan fingerprint density at radius 2 is 1.10 bits per heavy atom. The van der Waals surface area contributed by atoms with Crippen LogP contribution in [0.2, 0.25) is 0 Å². The maximum Gasteiger partial charge on any atom is 0.119 e. The molecule has 0 spiro atoms. The number of hydrogen-bond donors (Lipinski definition) is 0. The van der Waals surface area contributed by atoms with Gasteiger partial charge in [-0.3, -0.25) is 0 Å². The molecule has 4 aromatic rings. The van der Waals surface area contributed by atoms with Gasteiger partial charge in [0.2, 0.25) is 0 Å². The van der Waals surface area contributed by atoms with E-state index >= 15 is 0 Å². The second-order valence-corrected chi connectivity index (χ2v) is 7.89. The van der Waals surface area contributed by atoms with Crippen molar-refractivity contribution in [1.82, 2.24) is 0 Å². The Balaban J connectivity index is 1.93. The first-order valence-corrected chi connectivity index (χ1v) is 11.0. The highest BCUT2D eigenvalue weighted by Crippen LogP contribution is 2.43. The quantitative estimate of drug-likeness (QED) is 0.228. The van der Waals surface area contributed by atoms with Gasteiger partial charge < -0.3 is 4.74 Å². The van der Waals surface area contributed by atoms with Crippen LogP contribution in [0.4, 0.5) is 0 Å². The number of thioether (sulfide) groups is 1. The van der Waals surface area contributed by atoms with E-state index in [2.05, 4.69) is 115 Å². The Bertz CT molecular complexity index is 1040. The van der Waals surface area contributed by atoms with Crippen molar-refractivity contribution in [2.45, 2.75) is 11.8 Å². The Labute approximate surface area is 183 Å². The first-order valence-electron chi connectivity index (χ1n) is 10.2. The molecule has 2 heteroatoms. The summed E-state index contributed by atoms with van der Waals surface area (Å²) in [6.45, 7) is 2.67. The third kappa shape index (κ3) is 4.84. The standard InChI is InChI=1S/C28H24OS/c1-2-29-25-20-18-24(19-21-25)28(30-26-16-10-5-11-17-26)27(22-12-6-3-7-13-22)23-14-8-4-9-15-23/h3-21H,2H2,1H3. The van der Waals surface area contributed by atoms with E-state index in [9.17, 15) is 0 Å². The summed E-state index contributed by atoms with van der Waals surface area (Å²) in [5, 5.41) is 0. The van der Waals surface area contributed by atoms with Gasteiger partial charge in [0.05, 0.1) is 6.61 Å². The van der Waals surface area contributed by atoms with Crippen LogP contribution < -0.4 is 4.74 Å². The fourth-order valence-corrected chi connectivity index (χ4v) is 4.49. The van der Waals surface area contributed by atoms with Gasteiger partial charge in [-0.1, -0.05) is 103 Å². The Hall–Kier alpha value is -3.23. The molecule has 0 heterocycles. The van der Waals surface area contributed by atoms with E-state index < -0.39 is 0 Å². The zero-order valence-electron chi connectivity index (χ0n) is 17.0. The highest BCUT2D eigenvalue weighted by Gasteiger charge is 2.15. The first-order chi connectivity index (χ1) is 14.8. The lowest BCUT2D eigenvalue weighted by Crippen LogP contribution is -1.95. The average molecular weight is 409 g/mol. The van der Waals surface area contributed by atoms with Gasteiger partial charge in [0.15, 0.2) is 0 Å². The Morgan fingerprint density at radius 3 is 1.60 bits per heavy atom. The van der Waals surface area contributed by atoms with E-state index in [-0.39, 0.29) is 0 Å². The smallest absolute Gasteiger partial charge is 0.119 e. The summed E-state index contributed by atoms with van der Waals surface area (Å²) in [5.74, 6) is 0.895. The third-order valence-electron chi connectivity index (χ3n) is 4.74. The van der Waals surface area contributed by atoms with Crippen molar-refractivity contribution < 1.29 is 4.74 Å². The summed E-state index contributed by atoms with van der Waals surface area (Å²) in [6.07, 6.45) is 0. The van der Waals surface area contributed by atoms with Crippen LogP contribution in [-0.2, 0) is 0 Å². The molecular formula is C28H24OS. The number of ether oxygens (including phenoxy) is 1. The molecule has 1 nitrogen and oxygen atoms in total. The molecule has 4 rings (SSSR count). The minimum absolute atomic E-state index is 0.667. The molecule has 0 aliphatic carbocycles. The van der Waals surface area contributed by atoms with E-state index in [1.165, 1.54) is 32.1 Å². The third-order valence-corrected chi connectivity index (χ3v) is 5.89. The lowest BCUT2D eigenvalue weighted by molar-refractivity contribution is 0.340. The molecule has 0 N–H and O–H groups in total. The van der Waals surface area contributed by atoms with Crippen molar-refractivity contribution >= 4 is 22.2 Å². The fraction of sp³-hybridized carbons (Fsp3) is 0.0714. The second kappa shape index (κ2) is 10.00. The van der Waals surface area contributed by atoms with Gasteiger partial charge in [-0.25, -0.2) is 0 Å². The number of benzene rings is 4. The van der Waals surface area contributed by atoms with E-state index in [4.69, 9.17) is 4.74 Å². The van der Waals surface area contributed by atoms with E-state index in [0.29, 0.717) is 6.61 Å². The topological polar surface area (TPSA) is 9.23 Å². The largest absolute Gasteiger partial charge is 0.494 e. The molecule has 0 amide bonds. The van der Waals surface area contributed by atoms with Gasteiger partial charge in [0, 0.05) is 15.4 Å². The minimum atomic E-state index is 0.667. The van der Waals surface area contributed by atoms with Crippen LogP contribution in [0.25, 0.3) is 10.5 Å². The molecule has 0 aliphatic heterocycles. The van der Waals surface area contributed by atoms with Crippen molar-refractivity contribution in [3.8, 4) is 5.75 Å². The molecule has 0 saturated heterocycles. The fourth-order valence-electron chi connectivity index (χ4n) is 3.37. The van der Waals surface area contributed by atoms with Crippen LogP contribution in [0.1, 0.15) is 23.6 Å². The van der Waals surface area contributed by atoms with Gasteiger partial charge >= 0.3 is 0 Å². The molecule has 0 radical (unpaired) electrons. The molecule has 148 valence electrons. The molecule has 0 unspecified atom stereocenters. The summed E-state index contributed by atoms with van der Waals surface area (Å²) < 4.78 is 5.67. The van der Waals surface area contributed by atoms with Gasteiger partial charge in [-0.05, 0) is 47.9 Å². The minimum Gasteiger partial charge on any atom is -0.494 e. The predicted molar refractivity (Wildman–Crippen MR) is 129 cm³/mol. The van der Waals surface area contributed by atoms with Crippen LogP contribution in [0.15, 0.2) is 120 Å². The maximum atomic E-state index is 5.67. The predicted octanol–water partition coefficient (Wildman–Crippen LogP) is 7.79. The molecule has 0 fully saturated rings. The van der Waals surface area contributed by atoms with Crippen molar-refractivity contribution in [2.75, 3.05) is 6.61 Å². The van der Waals surface area contributed by atoms with E-state index in [1.807, 2.05) is 6.92 Å². The number of hydrogen-bond acceptors (Lipinski definition) is 2. The van der Waals surface area contributed by atoms with Gasteiger partial charge in [-0.2, -0.15) is 0 Å². The Kier molecular flexibility index (Phi) is 6.68.